The number of non-ortho nitro benzene ring substituents is 1. The molecular weight excluding hydrogens is 282 g/mol. The fraction of sp³-hybridized carbons (Fsp3) is 0.562. The van der Waals surface area contributed by atoms with Crippen LogP contribution in [0.4, 0.5) is 5.69 Å². The molecule has 1 N–H and O–H groups in total. The fourth-order valence-electron chi connectivity index (χ4n) is 3.70. The highest BCUT2D eigenvalue weighted by Gasteiger charge is 2.36. The molecule has 2 bridgehead atoms. The van der Waals surface area contributed by atoms with Crippen LogP contribution in [-0.4, -0.2) is 40.9 Å². The van der Waals surface area contributed by atoms with Crippen LogP contribution in [0.25, 0.3) is 0 Å². The first-order chi connectivity index (χ1) is 10.4. The average Bonchev–Trinajstić information content (AvgIpc) is 2.83. The van der Waals surface area contributed by atoms with Gasteiger partial charge in [0.2, 0.25) is 0 Å². The van der Waals surface area contributed by atoms with E-state index in [-0.39, 0.29) is 17.6 Å². The standard InChI is InChI=1S/C16H21N3O3/c1-10-5-11(7-15(6-10)19(21)22)16(20)18(2)14-8-12-3-4-13(9-14)17-12/h5-7,12-14,17H,3-4,8-9H2,1-2H3. The molecule has 0 radical (unpaired) electrons. The molecule has 6 nitrogen and oxygen atoms in total. The molecule has 1 aromatic rings. The Hall–Kier alpha value is -1.95. The van der Waals surface area contributed by atoms with Crippen molar-refractivity contribution < 1.29 is 9.72 Å². The van der Waals surface area contributed by atoms with Crippen LogP contribution in [0.5, 0.6) is 0 Å². The van der Waals surface area contributed by atoms with Gasteiger partial charge in [-0.1, -0.05) is 0 Å². The van der Waals surface area contributed by atoms with E-state index in [9.17, 15) is 14.9 Å². The van der Waals surface area contributed by atoms with E-state index >= 15 is 0 Å². The summed E-state index contributed by atoms with van der Waals surface area (Å²) < 4.78 is 0. The number of amides is 1. The van der Waals surface area contributed by atoms with Gasteiger partial charge in [-0.25, -0.2) is 0 Å². The second-order valence-corrected chi connectivity index (χ2v) is 6.49. The molecular formula is C16H21N3O3. The molecule has 0 spiro atoms. The summed E-state index contributed by atoms with van der Waals surface area (Å²) in [6.07, 6.45) is 4.29. The number of nitro benzene ring substituents is 1. The Bertz CT molecular complexity index is 605. The summed E-state index contributed by atoms with van der Waals surface area (Å²) in [5, 5.41) is 14.5. The summed E-state index contributed by atoms with van der Waals surface area (Å²) >= 11 is 0. The first kappa shape index (κ1) is 15.0. The van der Waals surface area contributed by atoms with E-state index < -0.39 is 4.92 Å². The number of nitro groups is 1. The van der Waals surface area contributed by atoms with Crippen molar-refractivity contribution in [3.63, 3.8) is 0 Å². The highest BCUT2D eigenvalue weighted by atomic mass is 16.6. The molecule has 22 heavy (non-hydrogen) atoms. The second-order valence-electron chi connectivity index (χ2n) is 6.49. The number of fused-ring (bicyclic) bond motifs is 2. The lowest BCUT2D eigenvalue weighted by atomic mass is 9.97. The smallest absolute Gasteiger partial charge is 0.270 e. The Kier molecular flexibility index (Phi) is 3.87. The minimum absolute atomic E-state index is 0.0258. The van der Waals surface area contributed by atoms with E-state index in [2.05, 4.69) is 5.32 Å². The number of benzene rings is 1. The maximum atomic E-state index is 12.7. The van der Waals surface area contributed by atoms with Crippen LogP contribution in [0.1, 0.15) is 41.6 Å². The number of carbonyl (C=O) groups is 1. The molecule has 118 valence electrons. The van der Waals surface area contributed by atoms with Crippen LogP contribution < -0.4 is 5.32 Å². The molecule has 3 rings (SSSR count). The molecule has 2 saturated heterocycles. The van der Waals surface area contributed by atoms with Gasteiger partial charge in [0, 0.05) is 42.9 Å². The van der Waals surface area contributed by atoms with E-state index in [4.69, 9.17) is 0 Å². The molecule has 6 heteroatoms. The SMILES string of the molecule is Cc1cc(C(=O)N(C)C2CC3CCC(C2)N3)cc([N+](=O)[O-])c1. The number of carbonyl (C=O) groups excluding carboxylic acids is 1. The van der Waals surface area contributed by atoms with Gasteiger partial charge < -0.3 is 10.2 Å². The topological polar surface area (TPSA) is 75.5 Å². The quantitative estimate of drug-likeness (QED) is 0.686. The Morgan fingerprint density at radius 1 is 1.27 bits per heavy atom. The van der Waals surface area contributed by atoms with E-state index in [0.29, 0.717) is 17.6 Å². The molecule has 0 aromatic heterocycles. The van der Waals surface area contributed by atoms with Gasteiger partial charge in [-0.15, -0.1) is 0 Å². The number of nitrogens with zero attached hydrogens (tertiary/aromatic N) is 2. The van der Waals surface area contributed by atoms with Crippen molar-refractivity contribution in [2.24, 2.45) is 0 Å². The van der Waals surface area contributed by atoms with Gasteiger partial charge in [-0.3, -0.25) is 14.9 Å². The van der Waals surface area contributed by atoms with Crippen LogP contribution >= 0.6 is 0 Å². The van der Waals surface area contributed by atoms with E-state index in [1.54, 1.807) is 17.9 Å². The van der Waals surface area contributed by atoms with Crippen molar-refractivity contribution in [1.82, 2.24) is 10.2 Å². The summed E-state index contributed by atoms with van der Waals surface area (Å²) in [7, 11) is 1.81. The molecule has 2 unspecified atom stereocenters. The van der Waals surface area contributed by atoms with Crippen molar-refractivity contribution in [3.05, 3.63) is 39.4 Å². The highest BCUT2D eigenvalue weighted by molar-refractivity contribution is 5.95. The lowest BCUT2D eigenvalue weighted by Crippen LogP contribution is -2.48. The molecule has 1 amide bonds. The van der Waals surface area contributed by atoms with Crippen LogP contribution in [0.15, 0.2) is 18.2 Å². The molecule has 2 atom stereocenters. The van der Waals surface area contributed by atoms with Crippen LogP contribution in [0, 0.1) is 17.0 Å². The molecule has 2 aliphatic heterocycles. The molecule has 2 fully saturated rings. The van der Waals surface area contributed by atoms with Gasteiger partial charge in [-0.05, 0) is 44.2 Å². The van der Waals surface area contributed by atoms with Gasteiger partial charge >= 0.3 is 0 Å². The molecule has 0 aliphatic carbocycles. The van der Waals surface area contributed by atoms with Crippen molar-refractivity contribution in [1.29, 1.82) is 0 Å². The summed E-state index contributed by atoms with van der Waals surface area (Å²) in [5.41, 5.74) is 1.11. The molecule has 1 aromatic carbocycles. The minimum atomic E-state index is -0.450. The number of nitrogens with one attached hydrogen (secondary N) is 1. The summed E-state index contributed by atoms with van der Waals surface area (Å²) in [6, 6.07) is 5.81. The monoisotopic (exact) mass is 303 g/mol. The summed E-state index contributed by atoms with van der Waals surface area (Å²) in [5.74, 6) is -0.127. The zero-order valence-corrected chi connectivity index (χ0v) is 12.9. The minimum Gasteiger partial charge on any atom is -0.339 e. The van der Waals surface area contributed by atoms with Gasteiger partial charge in [0.1, 0.15) is 0 Å². The number of hydrogen-bond acceptors (Lipinski definition) is 4. The van der Waals surface area contributed by atoms with Crippen LogP contribution in [0.3, 0.4) is 0 Å². The Morgan fingerprint density at radius 3 is 2.50 bits per heavy atom. The third-order valence-electron chi connectivity index (χ3n) is 4.84. The molecule has 0 saturated carbocycles. The third-order valence-corrected chi connectivity index (χ3v) is 4.84. The number of piperidine rings is 1. The maximum absolute atomic E-state index is 12.7. The predicted octanol–water partition coefficient (Wildman–Crippen LogP) is 2.26. The Balaban J connectivity index is 1.79. The van der Waals surface area contributed by atoms with Crippen molar-refractivity contribution in [2.45, 2.75) is 50.7 Å². The zero-order chi connectivity index (χ0) is 15.9. The number of hydrogen-bond donors (Lipinski definition) is 1. The normalized spacial score (nSPS) is 26.7. The first-order valence-electron chi connectivity index (χ1n) is 7.73. The predicted molar refractivity (Wildman–Crippen MR) is 82.9 cm³/mol. The molecule has 2 heterocycles. The summed E-state index contributed by atoms with van der Waals surface area (Å²) in [6.45, 7) is 1.77. The van der Waals surface area contributed by atoms with Crippen LogP contribution in [-0.2, 0) is 0 Å². The fourth-order valence-corrected chi connectivity index (χ4v) is 3.70. The second kappa shape index (κ2) is 5.68. The average molecular weight is 303 g/mol. The zero-order valence-electron chi connectivity index (χ0n) is 12.9. The number of aryl methyl sites for hydroxylation is 1. The van der Waals surface area contributed by atoms with E-state index in [0.717, 1.165) is 18.4 Å². The van der Waals surface area contributed by atoms with E-state index in [1.807, 2.05) is 7.05 Å². The lowest BCUT2D eigenvalue weighted by Gasteiger charge is -2.35. The largest absolute Gasteiger partial charge is 0.339 e. The van der Waals surface area contributed by atoms with Crippen molar-refractivity contribution in [2.75, 3.05) is 7.05 Å². The summed E-state index contributed by atoms with van der Waals surface area (Å²) in [4.78, 5) is 25.0. The van der Waals surface area contributed by atoms with Gasteiger partial charge in [0.15, 0.2) is 0 Å². The molecule has 2 aliphatic rings. The number of rotatable bonds is 3. The van der Waals surface area contributed by atoms with Gasteiger partial charge in [0.05, 0.1) is 4.92 Å². The van der Waals surface area contributed by atoms with Crippen LogP contribution in [0.2, 0.25) is 0 Å². The Labute approximate surface area is 129 Å². The first-order valence-corrected chi connectivity index (χ1v) is 7.73. The van der Waals surface area contributed by atoms with E-state index in [1.165, 1.54) is 25.0 Å². The Morgan fingerprint density at radius 2 is 1.91 bits per heavy atom. The third kappa shape index (κ3) is 2.83. The van der Waals surface area contributed by atoms with Crippen molar-refractivity contribution in [3.8, 4) is 0 Å². The van der Waals surface area contributed by atoms with Gasteiger partial charge in [0.25, 0.3) is 11.6 Å². The van der Waals surface area contributed by atoms with Gasteiger partial charge in [-0.2, -0.15) is 0 Å². The lowest BCUT2D eigenvalue weighted by molar-refractivity contribution is -0.384. The van der Waals surface area contributed by atoms with Crippen molar-refractivity contribution >= 4 is 11.6 Å². The highest BCUT2D eigenvalue weighted by Crippen LogP contribution is 2.30. The maximum Gasteiger partial charge on any atom is 0.270 e.